The molecule has 3 heterocycles. The van der Waals surface area contributed by atoms with Gasteiger partial charge in [-0.3, -0.25) is 4.79 Å². The largest absolute Gasteiger partial charge is 0.484 e. The van der Waals surface area contributed by atoms with Crippen molar-refractivity contribution in [3.8, 4) is 17.1 Å². The number of amides is 1. The van der Waals surface area contributed by atoms with E-state index in [1.807, 2.05) is 49.0 Å². The number of ether oxygens (including phenoxy) is 2. The Morgan fingerprint density at radius 3 is 2.81 bits per heavy atom. The van der Waals surface area contributed by atoms with Crippen LogP contribution in [0.15, 0.2) is 36.8 Å². The molecule has 0 N–H and O–H groups in total. The van der Waals surface area contributed by atoms with Crippen LogP contribution < -0.4 is 4.74 Å². The number of hydrogen-bond acceptors (Lipinski definition) is 5. The Labute approximate surface area is 157 Å². The van der Waals surface area contributed by atoms with E-state index < -0.39 is 0 Å². The van der Waals surface area contributed by atoms with E-state index in [0.717, 1.165) is 27.9 Å². The number of carbonyl (C=O) groups excluding carboxylic acids is 1. The second kappa shape index (κ2) is 7.36. The molecule has 4 rings (SSSR count). The molecule has 7 nitrogen and oxygen atoms in total. The molecule has 1 amide bonds. The molecule has 7 heteroatoms. The van der Waals surface area contributed by atoms with Crippen molar-refractivity contribution in [1.29, 1.82) is 0 Å². The Hall–Kier alpha value is -2.93. The van der Waals surface area contributed by atoms with Crippen molar-refractivity contribution in [1.82, 2.24) is 19.4 Å². The summed E-state index contributed by atoms with van der Waals surface area (Å²) in [4.78, 5) is 22.9. The molecule has 0 unspecified atom stereocenters. The first-order chi connectivity index (χ1) is 13.1. The fourth-order valence-corrected chi connectivity index (χ4v) is 3.25. The molecule has 1 fully saturated rings. The highest BCUT2D eigenvalue weighted by atomic mass is 16.5. The first-order valence-electron chi connectivity index (χ1n) is 8.98. The number of imidazole rings is 1. The van der Waals surface area contributed by atoms with E-state index in [4.69, 9.17) is 14.5 Å². The number of benzene rings is 1. The number of carbonyl (C=O) groups is 1. The summed E-state index contributed by atoms with van der Waals surface area (Å²) < 4.78 is 12.9. The minimum Gasteiger partial charge on any atom is -0.484 e. The van der Waals surface area contributed by atoms with Crippen LogP contribution in [0.25, 0.3) is 22.3 Å². The van der Waals surface area contributed by atoms with Crippen LogP contribution in [0.4, 0.5) is 0 Å². The van der Waals surface area contributed by atoms with Crippen LogP contribution in [-0.2, 0) is 16.6 Å². The molecule has 0 aliphatic carbocycles. The number of morpholine rings is 1. The Morgan fingerprint density at radius 1 is 1.26 bits per heavy atom. The topological polar surface area (TPSA) is 69.5 Å². The van der Waals surface area contributed by atoms with E-state index in [0.29, 0.717) is 32.1 Å². The summed E-state index contributed by atoms with van der Waals surface area (Å²) in [6.07, 6.45) is 3.57. The molecule has 0 bridgehead atoms. The monoisotopic (exact) mass is 366 g/mol. The van der Waals surface area contributed by atoms with Gasteiger partial charge in [-0.1, -0.05) is 0 Å². The number of fused-ring (bicyclic) bond motifs is 1. The van der Waals surface area contributed by atoms with Crippen LogP contribution in [0.2, 0.25) is 0 Å². The standard InChI is InChI=1S/C20H22N4O3/c1-14-9-18(19-11-21-13-23(19)2)22-17-4-3-15(10-16(14)17)27-12-20(25)24-5-7-26-8-6-24/h3-4,9-11,13H,5-8,12H2,1-2H3. The van der Waals surface area contributed by atoms with Gasteiger partial charge < -0.3 is 18.9 Å². The average molecular weight is 366 g/mol. The third-order valence-electron chi connectivity index (χ3n) is 4.79. The highest BCUT2D eigenvalue weighted by Gasteiger charge is 2.17. The summed E-state index contributed by atoms with van der Waals surface area (Å²) in [5, 5.41) is 1.01. The molecule has 3 aromatic rings. The van der Waals surface area contributed by atoms with Gasteiger partial charge in [0.1, 0.15) is 5.75 Å². The van der Waals surface area contributed by atoms with Gasteiger partial charge in [-0.25, -0.2) is 9.97 Å². The number of aromatic nitrogens is 3. The van der Waals surface area contributed by atoms with Gasteiger partial charge in [-0.2, -0.15) is 0 Å². The number of pyridine rings is 1. The van der Waals surface area contributed by atoms with Crippen molar-refractivity contribution in [3.05, 3.63) is 42.4 Å². The number of nitrogens with zero attached hydrogens (tertiary/aromatic N) is 4. The molecule has 1 aliphatic rings. The SMILES string of the molecule is Cc1cc(-c2cncn2C)nc2ccc(OCC(=O)N3CCOCC3)cc12. The Bertz CT molecular complexity index is 977. The maximum atomic E-state index is 12.2. The third kappa shape index (κ3) is 3.64. The lowest BCUT2D eigenvalue weighted by atomic mass is 10.1. The smallest absolute Gasteiger partial charge is 0.260 e. The van der Waals surface area contributed by atoms with Gasteiger partial charge in [0.05, 0.1) is 42.6 Å². The second-order valence-corrected chi connectivity index (χ2v) is 6.67. The van der Waals surface area contributed by atoms with E-state index in [-0.39, 0.29) is 12.5 Å². The summed E-state index contributed by atoms with van der Waals surface area (Å²) in [6, 6.07) is 7.77. The first kappa shape index (κ1) is 17.5. The van der Waals surface area contributed by atoms with Crippen molar-refractivity contribution in [3.63, 3.8) is 0 Å². The van der Waals surface area contributed by atoms with Gasteiger partial charge >= 0.3 is 0 Å². The lowest BCUT2D eigenvalue weighted by molar-refractivity contribution is -0.137. The van der Waals surface area contributed by atoms with Gasteiger partial charge in [0.15, 0.2) is 6.61 Å². The predicted octanol–water partition coefficient (Wildman–Crippen LogP) is 2.18. The zero-order chi connectivity index (χ0) is 18.8. The predicted molar refractivity (Wildman–Crippen MR) is 102 cm³/mol. The van der Waals surface area contributed by atoms with Crippen molar-refractivity contribution in [2.24, 2.45) is 7.05 Å². The summed E-state index contributed by atoms with van der Waals surface area (Å²) in [7, 11) is 1.95. The Balaban J connectivity index is 1.53. The molecule has 0 atom stereocenters. The summed E-state index contributed by atoms with van der Waals surface area (Å²) in [5.74, 6) is 0.655. The van der Waals surface area contributed by atoms with E-state index in [1.54, 1.807) is 11.2 Å². The number of rotatable bonds is 4. The third-order valence-corrected chi connectivity index (χ3v) is 4.79. The van der Waals surface area contributed by atoms with Crippen molar-refractivity contribution < 1.29 is 14.3 Å². The molecule has 0 saturated carbocycles. The summed E-state index contributed by atoms with van der Waals surface area (Å²) in [6.45, 7) is 4.51. The lowest BCUT2D eigenvalue weighted by Crippen LogP contribution is -2.42. The van der Waals surface area contributed by atoms with Gasteiger partial charge in [0.2, 0.25) is 0 Å². The number of hydrogen-bond donors (Lipinski definition) is 0. The fourth-order valence-electron chi connectivity index (χ4n) is 3.25. The summed E-state index contributed by atoms with van der Waals surface area (Å²) in [5.41, 5.74) is 3.84. The maximum absolute atomic E-state index is 12.2. The second-order valence-electron chi connectivity index (χ2n) is 6.67. The highest BCUT2D eigenvalue weighted by Crippen LogP contribution is 2.27. The quantitative estimate of drug-likeness (QED) is 0.708. The van der Waals surface area contributed by atoms with Crippen LogP contribution in [0.5, 0.6) is 5.75 Å². The van der Waals surface area contributed by atoms with E-state index >= 15 is 0 Å². The van der Waals surface area contributed by atoms with Crippen LogP contribution in [0, 0.1) is 6.92 Å². The van der Waals surface area contributed by atoms with Crippen molar-refractivity contribution in [2.75, 3.05) is 32.9 Å². The number of aryl methyl sites for hydroxylation is 2. The van der Waals surface area contributed by atoms with E-state index in [1.165, 1.54) is 0 Å². The van der Waals surface area contributed by atoms with Crippen LogP contribution in [0.3, 0.4) is 0 Å². The molecule has 140 valence electrons. The minimum absolute atomic E-state index is 0.0141. The van der Waals surface area contributed by atoms with Crippen LogP contribution >= 0.6 is 0 Å². The average Bonchev–Trinajstić information content (AvgIpc) is 3.13. The molecule has 1 saturated heterocycles. The lowest BCUT2D eigenvalue weighted by Gasteiger charge is -2.26. The van der Waals surface area contributed by atoms with Crippen LogP contribution in [0.1, 0.15) is 5.56 Å². The molecule has 0 spiro atoms. The van der Waals surface area contributed by atoms with Gasteiger partial charge in [0.25, 0.3) is 5.91 Å². The molecule has 27 heavy (non-hydrogen) atoms. The molecule has 1 aromatic carbocycles. The van der Waals surface area contributed by atoms with Gasteiger partial charge in [0, 0.05) is 25.5 Å². The molecule has 2 aromatic heterocycles. The van der Waals surface area contributed by atoms with Crippen LogP contribution in [-0.4, -0.2) is 58.3 Å². The highest BCUT2D eigenvalue weighted by molar-refractivity contribution is 5.86. The van der Waals surface area contributed by atoms with Crippen molar-refractivity contribution in [2.45, 2.75) is 6.92 Å². The van der Waals surface area contributed by atoms with E-state index in [2.05, 4.69) is 4.98 Å². The fraction of sp³-hybridized carbons (Fsp3) is 0.350. The summed E-state index contributed by atoms with van der Waals surface area (Å²) >= 11 is 0. The molecular weight excluding hydrogens is 344 g/mol. The van der Waals surface area contributed by atoms with Gasteiger partial charge in [-0.05, 0) is 36.8 Å². The normalized spacial score (nSPS) is 14.5. The molecular formula is C20H22N4O3. The Kier molecular flexibility index (Phi) is 4.77. The maximum Gasteiger partial charge on any atom is 0.260 e. The van der Waals surface area contributed by atoms with Crippen molar-refractivity contribution >= 4 is 16.8 Å². The molecule has 1 aliphatic heterocycles. The minimum atomic E-state index is -0.0141. The zero-order valence-corrected chi connectivity index (χ0v) is 15.5. The zero-order valence-electron chi connectivity index (χ0n) is 15.5. The first-order valence-corrected chi connectivity index (χ1v) is 8.98. The Morgan fingerprint density at radius 2 is 2.07 bits per heavy atom. The van der Waals surface area contributed by atoms with Gasteiger partial charge in [-0.15, -0.1) is 0 Å². The van der Waals surface area contributed by atoms with E-state index in [9.17, 15) is 4.79 Å². The molecule has 0 radical (unpaired) electrons.